The standard InChI is InChI=1S/C20H25N3O2S/c1-2-9-22(13-15-7-8-15)14-20(24)23-17(19-6-4-11-26-19)12-16(21-23)18-5-3-10-25-18/h3-6,10-11,15,17H,2,7-9,12-14H2,1H3. The first kappa shape index (κ1) is 17.5. The monoisotopic (exact) mass is 371 g/mol. The summed E-state index contributed by atoms with van der Waals surface area (Å²) < 4.78 is 5.52. The van der Waals surface area contributed by atoms with E-state index in [1.54, 1.807) is 22.6 Å². The SMILES string of the molecule is CCCN(CC(=O)N1N=C(c2ccco2)CC1c1cccs1)CC1CC1. The van der Waals surface area contributed by atoms with Crippen LogP contribution in [0.2, 0.25) is 0 Å². The zero-order valence-electron chi connectivity index (χ0n) is 15.1. The molecule has 1 fully saturated rings. The molecule has 0 saturated heterocycles. The number of amides is 1. The average molecular weight is 372 g/mol. The Balaban J connectivity index is 1.52. The van der Waals surface area contributed by atoms with Crippen molar-refractivity contribution in [3.05, 3.63) is 46.5 Å². The molecule has 1 saturated carbocycles. The Morgan fingerprint density at radius 2 is 2.27 bits per heavy atom. The molecule has 3 heterocycles. The first-order chi connectivity index (χ1) is 12.7. The summed E-state index contributed by atoms with van der Waals surface area (Å²) in [7, 11) is 0. The number of hydrogen-bond donors (Lipinski definition) is 0. The number of rotatable bonds is 8. The molecule has 6 heteroatoms. The van der Waals surface area contributed by atoms with Crippen LogP contribution < -0.4 is 0 Å². The number of hydrazone groups is 1. The fourth-order valence-corrected chi connectivity index (χ4v) is 4.33. The summed E-state index contributed by atoms with van der Waals surface area (Å²) >= 11 is 1.68. The second-order valence-electron chi connectivity index (χ2n) is 7.18. The van der Waals surface area contributed by atoms with E-state index in [0.717, 1.165) is 36.9 Å². The number of nitrogens with zero attached hydrogens (tertiary/aromatic N) is 3. The van der Waals surface area contributed by atoms with Crippen LogP contribution in [-0.4, -0.2) is 41.2 Å². The van der Waals surface area contributed by atoms with Crippen molar-refractivity contribution in [2.75, 3.05) is 19.6 Å². The molecule has 1 aliphatic heterocycles. The van der Waals surface area contributed by atoms with Crippen molar-refractivity contribution in [2.45, 2.75) is 38.6 Å². The summed E-state index contributed by atoms with van der Waals surface area (Å²) in [5, 5.41) is 8.41. The van der Waals surface area contributed by atoms with E-state index in [1.165, 1.54) is 17.7 Å². The molecule has 1 atom stereocenters. The van der Waals surface area contributed by atoms with Crippen LogP contribution in [0.3, 0.4) is 0 Å². The van der Waals surface area contributed by atoms with Crippen LogP contribution in [0.25, 0.3) is 0 Å². The number of furan rings is 1. The van der Waals surface area contributed by atoms with Crippen molar-refractivity contribution >= 4 is 23.0 Å². The highest BCUT2D eigenvalue weighted by Crippen LogP contribution is 2.35. The average Bonchev–Trinajstić information content (AvgIpc) is 3.10. The van der Waals surface area contributed by atoms with E-state index in [-0.39, 0.29) is 11.9 Å². The van der Waals surface area contributed by atoms with Crippen molar-refractivity contribution in [1.29, 1.82) is 0 Å². The lowest BCUT2D eigenvalue weighted by Gasteiger charge is -2.26. The van der Waals surface area contributed by atoms with Gasteiger partial charge >= 0.3 is 0 Å². The van der Waals surface area contributed by atoms with E-state index in [0.29, 0.717) is 13.0 Å². The topological polar surface area (TPSA) is 49.1 Å². The summed E-state index contributed by atoms with van der Waals surface area (Å²) in [5.74, 6) is 1.62. The van der Waals surface area contributed by atoms with Crippen molar-refractivity contribution in [3.63, 3.8) is 0 Å². The third kappa shape index (κ3) is 3.91. The second-order valence-corrected chi connectivity index (χ2v) is 8.16. The zero-order valence-corrected chi connectivity index (χ0v) is 16.0. The number of thiophene rings is 1. The Morgan fingerprint density at radius 3 is 2.92 bits per heavy atom. The summed E-state index contributed by atoms with van der Waals surface area (Å²) in [6.07, 6.45) is 6.03. The van der Waals surface area contributed by atoms with E-state index < -0.39 is 0 Å². The molecule has 0 N–H and O–H groups in total. The molecule has 1 unspecified atom stereocenters. The summed E-state index contributed by atoms with van der Waals surface area (Å²) in [4.78, 5) is 16.6. The minimum absolute atomic E-state index is 0.0213. The summed E-state index contributed by atoms with van der Waals surface area (Å²) in [6.45, 7) is 4.61. The molecule has 0 radical (unpaired) electrons. The Labute approximate surface area is 158 Å². The highest BCUT2D eigenvalue weighted by molar-refractivity contribution is 7.10. The third-order valence-electron chi connectivity index (χ3n) is 4.96. The number of carbonyl (C=O) groups excluding carboxylic acids is 1. The summed E-state index contributed by atoms with van der Waals surface area (Å²) in [6, 6.07) is 7.87. The fourth-order valence-electron chi connectivity index (χ4n) is 3.51. The maximum Gasteiger partial charge on any atom is 0.257 e. The number of carbonyl (C=O) groups is 1. The maximum atomic E-state index is 13.1. The molecule has 5 nitrogen and oxygen atoms in total. The van der Waals surface area contributed by atoms with Crippen LogP contribution in [0.5, 0.6) is 0 Å². The zero-order chi connectivity index (χ0) is 17.9. The lowest BCUT2D eigenvalue weighted by molar-refractivity contribution is -0.134. The van der Waals surface area contributed by atoms with Crippen molar-refractivity contribution in [2.24, 2.45) is 11.0 Å². The van der Waals surface area contributed by atoms with Crippen LogP contribution in [0, 0.1) is 5.92 Å². The lowest BCUT2D eigenvalue weighted by atomic mass is 10.1. The van der Waals surface area contributed by atoms with Crippen LogP contribution in [0.1, 0.15) is 49.3 Å². The van der Waals surface area contributed by atoms with Gasteiger partial charge in [-0.25, -0.2) is 5.01 Å². The van der Waals surface area contributed by atoms with E-state index >= 15 is 0 Å². The van der Waals surface area contributed by atoms with Crippen molar-refractivity contribution < 1.29 is 9.21 Å². The van der Waals surface area contributed by atoms with Crippen molar-refractivity contribution in [3.8, 4) is 0 Å². The van der Waals surface area contributed by atoms with Crippen molar-refractivity contribution in [1.82, 2.24) is 9.91 Å². The molecule has 2 aromatic heterocycles. The van der Waals surface area contributed by atoms with Gasteiger partial charge in [0.05, 0.1) is 18.8 Å². The molecule has 1 aliphatic carbocycles. The lowest BCUT2D eigenvalue weighted by Crippen LogP contribution is -2.39. The minimum Gasteiger partial charge on any atom is -0.463 e. The van der Waals surface area contributed by atoms with E-state index in [4.69, 9.17) is 4.42 Å². The molecule has 0 aromatic carbocycles. The van der Waals surface area contributed by atoms with Gasteiger partial charge in [-0.2, -0.15) is 5.10 Å². The first-order valence-electron chi connectivity index (χ1n) is 9.43. The van der Waals surface area contributed by atoms with Crippen LogP contribution >= 0.6 is 11.3 Å². The van der Waals surface area contributed by atoms with E-state index in [2.05, 4.69) is 28.4 Å². The molecule has 0 spiro atoms. The largest absolute Gasteiger partial charge is 0.463 e. The molecule has 1 amide bonds. The van der Waals surface area contributed by atoms with Gasteiger partial charge in [0.25, 0.3) is 5.91 Å². The fraction of sp³-hybridized carbons (Fsp3) is 0.500. The molecule has 0 bridgehead atoms. The smallest absolute Gasteiger partial charge is 0.257 e. The van der Waals surface area contributed by atoms with Crippen LogP contribution in [-0.2, 0) is 4.79 Å². The van der Waals surface area contributed by atoms with Gasteiger partial charge in [-0.15, -0.1) is 11.3 Å². The quantitative estimate of drug-likeness (QED) is 0.701. The molecular weight excluding hydrogens is 346 g/mol. The molecular formula is C20H25N3O2S. The molecule has 2 aromatic rings. The Hall–Kier alpha value is -1.92. The second kappa shape index (κ2) is 7.76. The van der Waals surface area contributed by atoms with Gasteiger partial charge in [0, 0.05) is 17.8 Å². The van der Waals surface area contributed by atoms with Gasteiger partial charge in [0.15, 0.2) is 0 Å². The predicted molar refractivity (Wildman–Crippen MR) is 103 cm³/mol. The van der Waals surface area contributed by atoms with Gasteiger partial charge in [0.1, 0.15) is 11.5 Å². The highest BCUT2D eigenvalue weighted by Gasteiger charge is 2.35. The van der Waals surface area contributed by atoms with Crippen LogP contribution in [0.15, 0.2) is 45.4 Å². The van der Waals surface area contributed by atoms with Crippen LogP contribution in [0.4, 0.5) is 0 Å². The third-order valence-corrected chi connectivity index (χ3v) is 5.93. The molecule has 26 heavy (non-hydrogen) atoms. The van der Waals surface area contributed by atoms with Gasteiger partial charge in [-0.1, -0.05) is 13.0 Å². The Bertz CT molecular complexity index is 750. The van der Waals surface area contributed by atoms with Gasteiger partial charge in [-0.3, -0.25) is 9.69 Å². The van der Waals surface area contributed by atoms with Gasteiger partial charge in [-0.05, 0) is 55.3 Å². The highest BCUT2D eigenvalue weighted by atomic mass is 32.1. The van der Waals surface area contributed by atoms with E-state index in [1.807, 2.05) is 18.2 Å². The molecule has 2 aliphatic rings. The molecule has 4 rings (SSSR count). The minimum atomic E-state index is -0.0213. The molecule has 138 valence electrons. The summed E-state index contributed by atoms with van der Waals surface area (Å²) in [5.41, 5.74) is 0.853. The normalized spacial score (nSPS) is 20.0. The Morgan fingerprint density at radius 1 is 1.38 bits per heavy atom. The van der Waals surface area contributed by atoms with Gasteiger partial charge in [0.2, 0.25) is 0 Å². The first-order valence-corrected chi connectivity index (χ1v) is 10.3. The maximum absolute atomic E-state index is 13.1. The van der Waals surface area contributed by atoms with Gasteiger partial charge < -0.3 is 4.42 Å². The predicted octanol–water partition coefficient (Wildman–Crippen LogP) is 4.14. The Kier molecular flexibility index (Phi) is 5.22. The van der Waals surface area contributed by atoms with E-state index in [9.17, 15) is 4.79 Å². The number of hydrogen-bond acceptors (Lipinski definition) is 5.